The second kappa shape index (κ2) is 37.3. The average molecular weight is 855 g/mol. The van der Waals surface area contributed by atoms with Gasteiger partial charge in [-0.1, -0.05) is 151 Å². The molecule has 0 radical (unpaired) electrons. The quantitative estimate of drug-likeness (QED) is 0.0202. The van der Waals surface area contributed by atoms with Gasteiger partial charge in [0.05, 0.1) is 19.8 Å². The molecule has 0 aromatic heterocycles. The molecule has 59 heavy (non-hydrogen) atoms. The molecule has 0 aromatic rings. The van der Waals surface area contributed by atoms with E-state index in [4.69, 9.17) is 23.5 Å². The van der Waals surface area contributed by atoms with E-state index in [2.05, 4.69) is 90.9 Å². The van der Waals surface area contributed by atoms with Crippen LogP contribution in [-0.2, 0) is 38.3 Å². The summed E-state index contributed by atoms with van der Waals surface area (Å²) in [5, 5.41) is 30.6. The van der Waals surface area contributed by atoms with Crippen LogP contribution in [0, 0.1) is 0 Å². The van der Waals surface area contributed by atoms with Crippen LogP contribution in [0.5, 0.6) is 0 Å². The van der Waals surface area contributed by atoms with Gasteiger partial charge in [-0.2, -0.15) is 8.42 Å². The number of ether oxygens (including phenoxy) is 4. The summed E-state index contributed by atoms with van der Waals surface area (Å²) in [7, 11) is -5.07. The Kier molecular flexibility index (Phi) is 34.5. The molecular weight excluding hydrogens is 777 g/mol. The van der Waals surface area contributed by atoms with Crippen molar-refractivity contribution in [1.82, 2.24) is 0 Å². The zero-order valence-electron chi connectivity index (χ0n) is 36.0. The highest BCUT2D eigenvalue weighted by molar-refractivity contribution is 7.80. The van der Waals surface area contributed by atoms with E-state index >= 15 is 0 Å². The number of carbonyl (C=O) groups is 1. The molecule has 13 heteroatoms. The molecule has 4 N–H and O–H groups in total. The number of hydrogen-bond donors (Lipinski definition) is 4. The van der Waals surface area contributed by atoms with Crippen LogP contribution >= 0.6 is 0 Å². The molecule has 1 aliphatic rings. The first-order valence-electron chi connectivity index (χ1n) is 22.2. The lowest BCUT2D eigenvalue weighted by Gasteiger charge is -2.41. The minimum atomic E-state index is -5.07. The van der Waals surface area contributed by atoms with E-state index in [-0.39, 0.29) is 19.6 Å². The van der Waals surface area contributed by atoms with Gasteiger partial charge in [-0.25, -0.2) is 4.18 Å². The Morgan fingerprint density at radius 3 is 1.68 bits per heavy atom. The third kappa shape index (κ3) is 31.1. The number of rotatable bonds is 37. The lowest BCUT2D eigenvalue weighted by atomic mass is 9.99. The van der Waals surface area contributed by atoms with Gasteiger partial charge in [0, 0.05) is 13.0 Å². The summed E-state index contributed by atoms with van der Waals surface area (Å²) in [5.41, 5.74) is 0. The topological polar surface area (TPSA) is 178 Å². The lowest BCUT2D eigenvalue weighted by Crippen LogP contribution is -2.60. The molecular formula is C46H78O12S. The molecule has 12 nitrogen and oxygen atoms in total. The van der Waals surface area contributed by atoms with Crippen LogP contribution in [0.2, 0.25) is 0 Å². The Labute approximate surface area is 356 Å². The fourth-order valence-corrected chi connectivity index (χ4v) is 6.77. The van der Waals surface area contributed by atoms with Gasteiger partial charge >= 0.3 is 16.4 Å². The van der Waals surface area contributed by atoms with Crippen LogP contribution in [0.1, 0.15) is 149 Å². The summed E-state index contributed by atoms with van der Waals surface area (Å²) in [6, 6.07) is 0. The van der Waals surface area contributed by atoms with E-state index in [0.29, 0.717) is 13.0 Å². The second-order valence-corrected chi connectivity index (χ2v) is 16.0. The Balaban J connectivity index is 2.47. The Morgan fingerprint density at radius 2 is 1.17 bits per heavy atom. The maximum Gasteiger partial charge on any atom is 0.397 e. The van der Waals surface area contributed by atoms with Crippen LogP contribution in [0.4, 0.5) is 0 Å². The minimum Gasteiger partial charge on any atom is -0.457 e. The zero-order valence-corrected chi connectivity index (χ0v) is 36.8. The lowest BCUT2D eigenvalue weighted by molar-refractivity contribution is -0.301. The number of hydrogen-bond acceptors (Lipinski definition) is 11. The predicted octanol–water partition coefficient (Wildman–Crippen LogP) is 9.13. The molecule has 1 fully saturated rings. The van der Waals surface area contributed by atoms with Crippen molar-refractivity contribution in [2.24, 2.45) is 0 Å². The van der Waals surface area contributed by atoms with Gasteiger partial charge in [-0.05, 0) is 64.2 Å². The van der Waals surface area contributed by atoms with Crippen molar-refractivity contribution in [2.45, 2.75) is 185 Å². The van der Waals surface area contributed by atoms with Crippen LogP contribution in [-0.4, -0.2) is 97.5 Å². The summed E-state index contributed by atoms with van der Waals surface area (Å²) >= 11 is 0. The van der Waals surface area contributed by atoms with Crippen molar-refractivity contribution >= 4 is 16.4 Å². The monoisotopic (exact) mass is 855 g/mol. The van der Waals surface area contributed by atoms with Gasteiger partial charge < -0.3 is 34.3 Å². The standard InChI is InChI=1S/C46H78O12S/c1-3-5-7-9-11-13-15-16-17-18-19-20-21-22-23-24-25-27-29-31-33-35-42(48)56-40(38-54-36-34-32-30-28-26-14-12-10-8-6-4-2)39-55-46-44(50)45(58-59(51,52)53)43(49)41(37-47)57-46/h5,7,11,13,16-17,19-20,22-23,25,27,40-41,43-47,49-50H,3-4,6,8-10,12,14-15,18,21,24,26,28-39H2,1-2H3,(H,51,52,53)/b7-5-,13-11-,17-16-,20-19-,23-22-,27-25-. The van der Waals surface area contributed by atoms with E-state index in [9.17, 15) is 28.5 Å². The molecule has 0 spiro atoms. The molecule has 0 bridgehead atoms. The van der Waals surface area contributed by atoms with Crippen molar-refractivity contribution in [2.75, 3.05) is 26.4 Å². The number of aliphatic hydroxyl groups excluding tert-OH is 3. The van der Waals surface area contributed by atoms with Crippen LogP contribution in [0.3, 0.4) is 0 Å². The number of allylic oxidation sites excluding steroid dienone is 12. The summed E-state index contributed by atoms with van der Waals surface area (Å²) in [4.78, 5) is 12.8. The average Bonchev–Trinajstić information content (AvgIpc) is 3.20. The molecule has 6 unspecified atom stereocenters. The van der Waals surface area contributed by atoms with Crippen LogP contribution in [0.25, 0.3) is 0 Å². The first-order chi connectivity index (χ1) is 28.6. The van der Waals surface area contributed by atoms with Crippen molar-refractivity contribution in [3.05, 3.63) is 72.9 Å². The third-order valence-corrected chi connectivity index (χ3v) is 10.1. The van der Waals surface area contributed by atoms with Crippen molar-refractivity contribution in [1.29, 1.82) is 0 Å². The van der Waals surface area contributed by atoms with Gasteiger partial charge in [0.15, 0.2) is 6.29 Å². The fourth-order valence-electron chi connectivity index (χ4n) is 6.26. The molecule has 0 aromatic carbocycles. The molecule has 1 rings (SSSR count). The Morgan fingerprint density at radius 1 is 0.661 bits per heavy atom. The summed E-state index contributed by atoms with van der Waals surface area (Å²) in [6.07, 6.45) is 38.0. The SMILES string of the molecule is CC/C=C\C/C=C\C/C=C\C/C=C\C/C=C\C/C=C\CCCCC(=O)OC(COCCCCCCCCCCCCC)COC1OC(CO)C(O)C(OS(=O)(=O)O)C1O. The largest absolute Gasteiger partial charge is 0.457 e. The van der Waals surface area contributed by atoms with Gasteiger partial charge in [-0.15, -0.1) is 0 Å². The summed E-state index contributed by atoms with van der Waals surface area (Å²) < 4.78 is 58.9. The second-order valence-electron chi connectivity index (χ2n) is 14.9. The third-order valence-electron chi connectivity index (χ3n) is 9.59. The van der Waals surface area contributed by atoms with Crippen molar-refractivity contribution < 1.29 is 56.2 Å². The number of carbonyl (C=O) groups excluding carboxylic acids is 1. The first kappa shape index (κ1) is 54.6. The van der Waals surface area contributed by atoms with Gasteiger partial charge in [-0.3, -0.25) is 9.35 Å². The smallest absolute Gasteiger partial charge is 0.397 e. The molecule has 1 saturated heterocycles. The molecule has 0 amide bonds. The van der Waals surface area contributed by atoms with E-state index in [1.807, 2.05) is 0 Å². The first-order valence-corrected chi connectivity index (χ1v) is 23.6. The van der Waals surface area contributed by atoms with Gasteiger partial charge in [0.2, 0.25) is 0 Å². The number of unbranched alkanes of at least 4 members (excludes halogenated alkanes) is 12. The van der Waals surface area contributed by atoms with Crippen LogP contribution in [0.15, 0.2) is 72.9 Å². The molecule has 1 heterocycles. The fraction of sp³-hybridized carbons (Fsp3) is 0.717. The molecule has 6 atom stereocenters. The highest BCUT2D eigenvalue weighted by Crippen LogP contribution is 2.26. The maximum absolute atomic E-state index is 12.8. The van der Waals surface area contributed by atoms with Gasteiger partial charge in [0.25, 0.3) is 0 Å². The maximum atomic E-state index is 12.8. The number of aliphatic hydroxyl groups is 3. The highest BCUT2D eigenvalue weighted by atomic mass is 32.3. The minimum absolute atomic E-state index is 0.0157. The molecule has 0 saturated carbocycles. The Hall–Kier alpha value is -2.46. The van der Waals surface area contributed by atoms with Crippen molar-refractivity contribution in [3.63, 3.8) is 0 Å². The van der Waals surface area contributed by atoms with Crippen molar-refractivity contribution in [3.8, 4) is 0 Å². The van der Waals surface area contributed by atoms with Gasteiger partial charge in [0.1, 0.15) is 30.5 Å². The van der Waals surface area contributed by atoms with E-state index < -0.39 is 59.8 Å². The Bertz CT molecular complexity index is 1310. The van der Waals surface area contributed by atoms with E-state index in [0.717, 1.165) is 70.6 Å². The number of esters is 1. The molecule has 1 aliphatic heterocycles. The van der Waals surface area contributed by atoms with E-state index in [1.54, 1.807) is 0 Å². The summed E-state index contributed by atoms with van der Waals surface area (Å²) in [5.74, 6) is -0.444. The normalized spacial score (nSPS) is 21.1. The molecule has 0 aliphatic carbocycles. The highest BCUT2D eigenvalue weighted by Gasteiger charge is 2.48. The van der Waals surface area contributed by atoms with Crippen LogP contribution < -0.4 is 0 Å². The zero-order chi connectivity index (χ0) is 43.2. The van der Waals surface area contributed by atoms with E-state index in [1.165, 1.54) is 51.4 Å². The summed E-state index contributed by atoms with van der Waals surface area (Å²) in [6.45, 7) is 3.79. The predicted molar refractivity (Wildman–Crippen MR) is 234 cm³/mol. The molecule has 340 valence electrons.